The van der Waals surface area contributed by atoms with Gasteiger partial charge in [0.05, 0.1) is 42.0 Å². The molecule has 2 aromatic rings. The van der Waals surface area contributed by atoms with E-state index in [1.807, 2.05) is 24.4 Å². The minimum atomic E-state index is -4.51. The molecule has 1 fully saturated rings. The van der Waals surface area contributed by atoms with Gasteiger partial charge in [-0.05, 0) is 12.1 Å². The molecule has 2 aromatic heterocycles. The molecule has 1 amide bonds. The SMILES string of the molecule is O=C(Cc1ncc(C(F)(F)F)cc1Cl)N1CCN(c2cccc[nH+]2)CC1. The van der Waals surface area contributed by atoms with Crippen LogP contribution in [0.5, 0.6) is 0 Å². The predicted molar refractivity (Wildman–Crippen MR) is 89.7 cm³/mol. The van der Waals surface area contributed by atoms with Crippen LogP contribution in [0.3, 0.4) is 0 Å². The first-order chi connectivity index (χ1) is 12.3. The third kappa shape index (κ3) is 4.24. The molecular formula is C17H17ClF3N4O+. The van der Waals surface area contributed by atoms with E-state index in [0.717, 1.165) is 11.9 Å². The zero-order chi connectivity index (χ0) is 18.7. The van der Waals surface area contributed by atoms with Crippen LogP contribution < -0.4 is 9.88 Å². The van der Waals surface area contributed by atoms with E-state index >= 15 is 0 Å². The second-order valence-electron chi connectivity index (χ2n) is 5.94. The average molecular weight is 386 g/mol. The molecule has 3 heterocycles. The fourth-order valence-electron chi connectivity index (χ4n) is 2.78. The van der Waals surface area contributed by atoms with Crippen LogP contribution in [0.25, 0.3) is 0 Å². The molecular weight excluding hydrogens is 369 g/mol. The van der Waals surface area contributed by atoms with Gasteiger partial charge >= 0.3 is 6.18 Å². The van der Waals surface area contributed by atoms with Crippen molar-refractivity contribution < 1.29 is 22.9 Å². The van der Waals surface area contributed by atoms with Crippen molar-refractivity contribution in [1.29, 1.82) is 0 Å². The lowest BCUT2D eigenvalue weighted by Gasteiger charge is -2.31. The zero-order valence-corrected chi connectivity index (χ0v) is 14.5. The first-order valence-corrected chi connectivity index (χ1v) is 8.43. The topological polar surface area (TPSA) is 50.6 Å². The Morgan fingerprint density at radius 1 is 1.23 bits per heavy atom. The molecule has 0 saturated carbocycles. The third-order valence-corrected chi connectivity index (χ3v) is 4.56. The predicted octanol–water partition coefficient (Wildman–Crippen LogP) is 2.46. The summed E-state index contributed by atoms with van der Waals surface area (Å²) in [6.07, 6.45) is -2.08. The Labute approximate surface area is 153 Å². The van der Waals surface area contributed by atoms with Crippen LogP contribution in [0.15, 0.2) is 36.7 Å². The van der Waals surface area contributed by atoms with Crippen LogP contribution in [0, 0.1) is 0 Å². The number of hydrogen-bond donors (Lipinski definition) is 0. The summed E-state index contributed by atoms with van der Waals surface area (Å²) in [5.41, 5.74) is -0.769. The number of aromatic nitrogens is 2. The quantitative estimate of drug-likeness (QED) is 0.815. The summed E-state index contributed by atoms with van der Waals surface area (Å²) in [6.45, 7) is 2.39. The minimum Gasteiger partial charge on any atom is -0.335 e. The van der Waals surface area contributed by atoms with E-state index in [4.69, 9.17) is 11.6 Å². The molecule has 0 radical (unpaired) electrons. The number of hydrogen-bond acceptors (Lipinski definition) is 3. The first kappa shape index (κ1) is 18.4. The number of aromatic amines is 1. The number of pyridine rings is 2. The van der Waals surface area contributed by atoms with E-state index in [9.17, 15) is 18.0 Å². The largest absolute Gasteiger partial charge is 0.417 e. The lowest BCUT2D eigenvalue weighted by atomic mass is 10.2. The lowest BCUT2D eigenvalue weighted by Crippen LogP contribution is -2.50. The maximum atomic E-state index is 12.6. The molecule has 0 spiro atoms. The van der Waals surface area contributed by atoms with E-state index < -0.39 is 11.7 Å². The van der Waals surface area contributed by atoms with Gasteiger partial charge in [0.1, 0.15) is 13.1 Å². The summed E-state index contributed by atoms with van der Waals surface area (Å²) in [7, 11) is 0. The van der Waals surface area contributed by atoms with E-state index in [-0.39, 0.29) is 23.0 Å². The van der Waals surface area contributed by atoms with Crippen LogP contribution in [0.2, 0.25) is 5.02 Å². The molecule has 0 aromatic carbocycles. The highest BCUT2D eigenvalue weighted by Gasteiger charge is 2.32. The van der Waals surface area contributed by atoms with Crippen molar-refractivity contribution in [2.75, 3.05) is 31.1 Å². The molecule has 1 aliphatic rings. The van der Waals surface area contributed by atoms with Crippen LogP contribution in [-0.2, 0) is 17.4 Å². The molecule has 0 atom stereocenters. The van der Waals surface area contributed by atoms with Crippen molar-refractivity contribution in [1.82, 2.24) is 9.88 Å². The molecule has 5 nitrogen and oxygen atoms in total. The number of carbonyl (C=O) groups is 1. The maximum Gasteiger partial charge on any atom is 0.417 e. The number of amides is 1. The van der Waals surface area contributed by atoms with E-state index in [1.54, 1.807) is 4.90 Å². The smallest absolute Gasteiger partial charge is 0.335 e. The number of H-pyrrole nitrogens is 1. The molecule has 0 bridgehead atoms. The number of alkyl halides is 3. The number of carbonyl (C=O) groups excluding carboxylic acids is 1. The number of piperazine rings is 1. The highest BCUT2D eigenvalue weighted by atomic mass is 35.5. The monoisotopic (exact) mass is 385 g/mol. The average Bonchev–Trinajstić information content (AvgIpc) is 2.63. The van der Waals surface area contributed by atoms with Gasteiger partial charge in [-0.3, -0.25) is 14.7 Å². The number of nitrogens with zero attached hydrogens (tertiary/aromatic N) is 3. The summed E-state index contributed by atoms with van der Waals surface area (Å²) in [5, 5.41) is -0.148. The fraction of sp³-hybridized carbons (Fsp3) is 0.353. The third-order valence-electron chi connectivity index (χ3n) is 4.23. The van der Waals surface area contributed by atoms with Crippen molar-refractivity contribution >= 4 is 23.3 Å². The maximum absolute atomic E-state index is 12.6. The number of halogens is 4. The summed E-state index contributed by atoms with van der Waals surface area (Å²) in [6, 6.07) is 6.59. The molecule has 3 rings (SSSR count). The van der Waals surface area contributed by atoms with Crippen molar-refractivity contribution in [3.8, 4) is 0 Å². The van der Waals surface area contributed by atoms with Gasteiger partial charge in [0, 0.05) is 12.3 Å². The zero-order valence-electron chi connectivity index (χ0n) is 13.8. The molecule has 0 unspecified atom stereocenters. The Bertz CT molecular complexity index is 777. The Morgan fingerprint density at radius 2 is 1.96 bits per heavy atom. The molecule has 1 saturated heterocycles. The molecule has 0 aliphatic carbocycles. The fourth-order valence-corrected chi connectivity index (χ4v) is 3.02. The molecule has 1 aliphatic heterocycles. The Hall–Kier alpha value is -2.35. The molecule has 1 N–H and O–H groups in total. The van der Waals surface area contributed by atoms with Crippen LogP contribution >= 0.6 is 11.6 Å². The molecule has 9 heteroatoms. The van der Waals surface area contributed by atoms with E-state index in [1.165, 1.54) is 0 Å². The van der Waals surface area contributed by atoms with Crippen LogP contribution in [0.4, 0.5) is 19.0 Å². The van der Waals surface area contributed by atoms with Crippen molar-refractivity contribution in [2.24, 2.45) is 0 Å². The van der Waals surface area contributed by atoms with Gasteiger partial charge in [-0.15, -0.1) is 0 Å². The Balaban J connectivity index is 1.59. The molecule has 26 heavy (non-hydrogen) atoms. The second-order valence-corrected chi connectivity index (χ2v) is 6.35. The van der Waals surface area contributed by atoms with Gasteiger partial charge in [-0.1, -0.05) is 17.7 Å². The molecule has 138 valence electrons. The van der Waals surface area contributed by atoms with Gasteiger partial charge < -0.3 is 4.90 Å². The highest BCUT2D eigenvalue weighted by Crippen LogP contribution is 2.31. The highest BCUT2D eigenvalue weighted by molar-refractivity contribution is 6.31. The standard InChI is InChI=1S/C17H16ClF3N4O/c18-13-9-12(17(19,20)21)11-23-14(13)10-16(26)25-7-5-24(6-8-25)15-3-1-2-4-22-15/h1-4,9,11H,5-8,10H2/p+1. The second kappa shape index (κ2) is 7.49. The van der Waals surface area contributed by atoms with E-state index in [0.29, 0.717) is 32.4 Å². The summed E-state index contributed by atoms with van der Waals surface area (Å²) in [4.78, 5) is 23.1. The van der Waals surface area contributed by atoms with Gasteiger partial charge in [0.25, 0.3) is 5.82 Å². The number of rotatable bonds is 3. The summed E-state index contributed by atoms with van der Waals surface area (Å²) in [5.74, 6) is 0.780. The first-order valence-electron chi connectivity index (χ1n) is 8.05. The van der Waals surface area contributed by atoms with Gasteiger partial charge in [0.15, 0.2) is 0 Å². The van der Waals surface area contributed by atoms with Crippen molar-refractivity contribution in [3.05, 3.63) is 52.9 Å². The van der Waals surface area contributed by atoms with Gasteiger partial charge in [0.2, 0.25) is 5.91 Å². The summed E-state index contributed by atoms with van der Waals surface area (Å²) >= 11 is 5.88. The van der Waals surface area contributed by atoms with E-state index in [2.05, 4.69) is 14.9 Å². The number of anilines is 1. The van der Waals surface area contributed by atoms with Gasteiger partial charge in [-0.2, -0.15) is 13.2 Å². The Kier molecular flexibility index (Phi) is 5.31. The normalized spacial score (nSPS) is 15.2. The van der Waals surface area contributed by atoms with Crippen molar-refractivity contribution in [2.45, 2.75) is 12.6 Å². The Morgan fingerprint density at radius 3 is 2.54 bits per heavy atom. The van der Waals surface area contributed by atoms with Crippen LogP contribution in [-0.4, -0.2) is 42.0 Å². The van der Waals surface area contributed by atoms with Crippen molar-refractivity contribution in [3.63, 3.8) is 0 Å². The lowest BCUT2D eigenvalue weighted by molar-refractivity contribution is -0.364. The van der Waals surface area contributed by atoms with Crippen LogP contribution in [0.1, 0.15) is 11.3 Å². The minimum absolute atomic E-state index is 0.117. The number of nitrogens with one attached hydrogen (secondary N) is 1. The van der Waals surface area contributed by atoms with Gasteiger partial charge in [-0.25, -0.2) is 4.98 Å². The summed E-state index contributed by atoms with van der Waals surface area (Å²) < 4.78 is 37.9.